The van der Waals surface area contributed by atoms with E-state index in [1.54, 1.807) is 25.3 Å². The summed E-state index contributed by atoms with van der Waals surface area (Å²) in [6.07, 6.45) is 3.71. The number of rotatable bonds is 3. The summed E-state index contributed by atoms with van der Waals surface area (Å²) in [5, 5.41) is 2.69. The second-order valence-corrected chi connectivity index (χ2v) is 5.46. The van der Waals surface area contributed by atoms with Gasteiger partial charge in [-0.25, -0.2) is 4.98 Å². The maximum atomic E-state index is 12.5. The van der Waals surface area contributed by atoms with E-state index in [9.17, 15) is 9.59 Å². The van der Waals surface area contributed by atoms with Gasteiger partial charge < -0.3 is 19.6 Å². The molecule has 1 saturated heterocycles. The van der Waals surface area contributed by atoms with Crippen LogP contribution >= 0.6 is 0 Å². The predicted molar refractivity (Wildman–Crippen MR) is 80.4 cm³/mol. The van der Waals surface area contributed by atoms with Crippen LogP contribution in [0, 0.1) is 12.8 Å². The fourth-order valence-electron chi connectivity index (χ4n) is 2.66. The standard InChI is InChI=1S/C15H18N4O3/c1-9-3-4-11(15(21)17-9)18-14(20)10-5-8-22-12(10)13-16-6-7-19(13)2/h3-4,6-7,10,12H,5,8H2,1-2H3,(H,17,21)(H,18,20)/t10-,12-/m1/s1. The highest BCUT2D eigenvalue weighted by molar-refractivity contribution is 5.92. The quantitative estimate of drug-likeness (QED) is 0.889. The lowest BCUT2D eigenvalue weighted by Crippen LogP contribution is -2.29. The molecule has 0 saturated carbocycles. The van der Waals surface area contributed by atoms with Gasteiger partial charge in [0.05, 0.1) is 5.92 Å². The van der Waals surface area contributed by atoms with Crippen molar-refractivity contribution in [3.05, 3.63) is 46.4 Å². The SMILES string of the molecule is Cc1ccc(NC(=O)[C@@H]2CCO[C@H]2c2nccn2C)c(=O)[nH]1. The summed E-state index contributed by atoms with van der Waals surface area (Å²) in [5.74, 6) is 0.136. The summed E-state index contributed by atoms with van der Waals surface area (Å²) in [6.45, 7) is 2.29. The number of anilines is 1. The van der Waals surface area contributed by atoms with Gasteiger partial charge in [-0.05, 0) is 25.5 Å². The molecule has 1 aliphatic heterocycles. The molecule has 2 N–H and O–H groups in total. The first kappa shape index (κ1) is 14.5. The number of amides is 1. The summed E-state index contributed by atoms with van der Waals surface area (Å²) in [7, 11) is 1.86. The Labute approximate surface area is 127 Å². The van der Waals surface area contributed by atoms with Gasteiger partial charge >= 0.3 is 0 Å². The van der Waals surface area contributed by atoms with E-state index in [2.05, 4.69) is 15.3 Å². The fraction of sp³-hybridized carbons (Fsp3) is 0.400. The van der Waals surface area contributed by atoms with Crippen LogP contribution in [0.25, 0.3) is 0 Å². The molecule has 22 heavy (non-hydrogen) atoms. The Morgan fingerprint density at radius 1 is 1.50 bits per heavy atom. The van der Waals surface area contributed by atoms with Crippen molar-refractivity contribution in [2.24, 2.45) is 13.0 Å². The van der Waals surface area contributed by atoms with Crippen molar-refractivity contribution in [1.82, 2.24) is 14.5 Å². The van der Waals surface area contributed by atoms with Gasteiger partial charge in [0.1, 0.15) is 17.6 Å². The van der Waals surface area contributed by atoms with Crippen molar-refractivity contribution < 1.29 is 9.53 Å². The Hall–Kier alpha value is -2.41. The molecule has 1 amide bonds. The Kier molecular flexibility index (Phi) is 3.81. The number of aromatic amines is 1. The number of hydrogen-bond donors (Lipinski definition) is 2. The second-order valence-electron chi connectivity index (χ2n) is 5.46. The molecule has 7 nitrogen and oxygen atoms in total. The lowest BCUT2D eigenvalue weighted by Gasteiger charge is -2.17. The number of ether oxygens (including phenoxy) is 1. The maximum absolute atomic E-state index is 12.5. The number of imidazole rings is 1. The van der Waals surface area contributed by atoms with E-state index in [-0.39, 0.29) is 29.2 Å². The van der Waals surface area contributed by atoms with Gasteiger partial charge in [0.15, 0.2) is 0 Å². The van der Waals surface area contributed by atoms with Crippen molar-refractivity contribution >= 4 is 11.6 Å². The monoisotopic (exact) mass is 302 g/mol. The number of nitrogens with zero attached hydrogens (tertiary/aromatic N) is 2. The van der Waals surface area contributed by atoms with Crippen molar-refractivity contribution in [2.45, 2.75) is 19.4 Å². The Morgan fingerprint density at radius 3 is 3.00 bits per heavy atom. The first-order valence-electron chi connectivity index (χ1n) is 7.16. The lowest BCUT2D eigenvalue weighted by atomic mass is 9.99. The highest BCUT2D eigenvalue weighted by Crippen LogP contribution is 2.34. The summed E-state index contributed by atoms with van der Waals surface area (Å²) in [5.41, 5.74) is 0.694. The molecule has 0 unspecified atom stereocenters. The van der Waals surface area contributed by atoms with Crippen LogP contribution in [-0.4, -0.2) is 27.0 Å². The van der Waals surface area contributed by atoms with E-state index in [0.717, 1.165) is 11.5 Å². The molecule has 1 fully saturated rings. The van der Waals surface area contributed by atoms with Gasteiger partial charge in [-0.2, -0.15) is 0 Å². The van der Waals surface area contributed by atoms with E-state index in [1.807, 2.05) is 17.8 Å². The highest BCUT2D eigenvalue weighted by atomic mass is 16.5. The van der Waals surface area contributed by atoms with Crippen LogP contribution in [-0.2, 0) is 16.6 Å². The van der Waals surface area contributed by atoms with E-state index >= 15 is 0 Å². The van der Waals surface area contributed by atoms with Crippen LogP contribution in [0.3, 0.4) is 0 Å². The number of pyridine rings is 1. The molecule has 7 heteroatoms. The molecule has 116 valence electrons. The highest BCUT2D eigenvalue weighted by Gasteiger charge is 2.37. The van der Waals surface area contributed by atoms with Crippen LogP contribution < -0.4 is 10.9 Å². The smallest absolute Gasteiger partial charge is 0.271 e. The molecule has 0 spiro atoms. The van der Waals surface area contributed by atoms with Crippen molar-refractivity contribution in [3.8, 4) is 0 Å². The number of nitrogens with one attached hydrogen (secondary N) is 2. The molecule has 0 aromatic carbocycles. The molecular formula is C15H18N4O3. The number of hydrogen-bond acceptors (Lipinski definition) is 4. The number of aryl methyl sites for hydroxylation is 2. The van der Waals surface area contributed by atoms with Crippen LogP contribution in [0.2, 0.25) is 0 Å². The molecule has 2 aromatic heterocycles. The van der Waals surface area contributed by atoms with E-state index in [0.29, 0.717) is 13.0 Å². The first-order valence-corrected chi connectivity index (χ1v) is 7.16. The van der Waals surface area contributed by atoms with Gasteiger partial charge in [0.25, 0.3) is 5.56 Å². The minimum absolute atomic E-state index is 0.222. The van der Waals surface area contributed by atoms with Crippen molar-refractivity contribution in [3.63, 3.8) is 0 Å². The molecule has 0 radical (unpaired) electrons. The first-order chi connectivity index (χ1) is 10.6. The van der Waals surface area contributed by atoms with Crippen molar-refractivity contribution in [2.75, 3.05) is 11.9 Å². The normalized spacial score (nSPS) is 21.0. The van der Waals surface area contributed by atoms with Crippen LogP contribution in [0.4, 0.5) is 5.69 Å². The largest absolute Gasteiger partial charge is 0.369 e. The van der Waals surface area contributed by atoms with E-state index in [4.69, 9.17) is 4.74 Å². The second kappa shape index (κ2) is 5.76. The molecule has 3 rings (SSSR count). The fourth-order valence-corrected chi connectivity index (χ4v) is 2.66. The molecule has 0 aliphatic carbocycles. The lowest BCUT2D eigenvalue weighted by molar-refractivity contribution is -0.121. The molecule has 2 atom stereocenters. The Bertz CT molecular complexity index is 749. The zero-order chi connectivity index (χ0) is 15.7. The Morgan fingerprint density at radius 2 is 2.32 bits per heavy atom. The van der Waals surface area contributed by atoms with Gasteiger partial charge in [0.2, 0.25) is 5.91 Å². The molecule has 0 bridgehead atoms. The van der Waals surface area contributed by atoms with Gasteiger partial charge in [0, 0.05) is 31.7 Å². The molecule has 1 aliphatic rings. The third-order valence-electron chi connectivity index (χ3n) is 3.85. The number of carbonyl (C=O) groups excluding carboxylic acids is 1. The minimum atomic E-state index is -0.385. The predicted octanol–water partition coefficient (Wildman–Crippen LogP) is 1.13. The average Bonchev–Trinajstić information content (AvgIpc) is 3.09. The third kappa shape index (κ3) is 2.67. The summed E-state index contributed by atoms with van der Waals surface area (Å²) < 4.78 is 7.51. The topological polar surface area (TPSA) is 89.0 Å². The number of H-pyrrole nitrogens is 1. The molecule has 2 aromatic rings. The van der Waals surface area contributed by atoms with Crippen LogP contribution in [0.15, 0.2) is 29.3 Å². The zero-order valence-corrected chi connectivity index (χ0v) is 12.5. The number of carbonyl (C=O) groups is 1. The average molecular weight is 302 g/mol. The summed E-state index contributed by atoms with van der Waals surface area (Å²) in [6, 6.07) is 3.36. The van der Waals surface area contributed by atoms with E-state index in [1.165, 1.54) is 0 Å². The third-order valence-corrected chi connectivity index (χ3v) is 3.85. The molecule has 3 heterocycles. The Balaban J connectivity index is 1.79. The minimum Gasteiger partial charge on any atom is -0.369 e. The van der Waals surface area contributed by atoms with Gasteiger partial charge in [-0.1, -0.05) is 0 Å². The van der Waals surface area contributed by atoms with Gasteiger partial charge in [-0.15, -0.1) is 0 Å². The number of aromatic nitrogens is 3. The van der Waals surface area contributed by atoms with E-state index < -0.39 is 0 Å². The summed E-state index contributed by atoms with van der Waals surface area (Å²) >= 11 is 0. The zero-order valence-electron chi connectivity index (χ0n) is 12.5. The van der Waals surface area contributed by atoms with Gasteiger partial charge in [-0.3, -0.25) is 9.59 Å². The molecular weight excluding hydrogens is 284 g/mol. The summed E-state index contributed by atoms with van der Waals surface area (Å²) in [4.78, 5) is 31.2. The maximum Gasteiger partial charge on any atom is 0.271 e. The van der Waals surface area contributed by atoms with Crippen LogP contribution in [0.1, 0.15) is 24.0 Å². The van der Waals surface area contributed by atoms with Crippen LogP contribution in [0.5, 0.6) is 0 Å². The van der Waals surface area contributed by atoms with Crippen molar-refractivity contribution in [1.29, 1.82) is 0 Å².